The molecule has 1 rings (SSSR count). The van der Waals surface area contributed by atoms with Crippen molar-refractivity contribution in [2.24, 2.45) is 0 Å². The van der Waals surface area contributed by atoms with Crippen LogP contribution >= 0.6 is 11.6 Å². The molecule has 0 spiro atoms. The highest BCUT2D eigenvalue weighted by Gasteiger charge is 2.23. The molecule has 0 bridgehead atoms. The summed E-state index contributed by atoms with van der Waals surface area (Å²) in [6, 6.07) is 0.172. The number of hydrogen-bond donors (Lipinski definition) is 0. The minimum Gasteiger partial charge on any atom is -0.326 e. The summed E-state index contributed by atoms with van der Waals surface area (Å²) in [4.78, 5) is 15.1. The van der Waals surface area contributed by atoms with Crippen molar-refractivity contribution in [3.8, 4) is 0 Å². The molecule has 13 heavy (non-hydrogen) atoms. The van der Waals surface area contributed by atoms with E-state index in [1.807, 2.05) is 11.9 Å². The van der Waals surface area contributed by atoms with Crippen LogP contribution in [0.15, 0.2) is 0 Å². The number of halogens is 1. The normalized spacial score (nSPS) is 17.2. The number of carbonyl (C=O) groups is 1. The maximum atomic E-state index is 11.4. The molecule has 0 aliphatic carbocycles. The van der Waals surface area contributed by atoms with Crippen LogP contribution in [0.5, 0.6) is 0 Å². The third-order valence-electron chi connectivity index (χ3n) is 2.36. The van der Waals surface area contributed by atoms with E-state index in [1.54, 1.807) is 4.90 Å². The fraction of sp³-hybridized carbons (Fsp3) is 0.889. The van der Waals surface area contributed by atoms with Crippen LogP contribution in [0.1, 0.15) is 19.3 Å². The maximum absolute atomic E-state index is 11.4. The van der Waals surface area contributed by atoms with Crippen molar-refractivity contribution in [3.05, 3.63) is 0 Å². The lowest BCUT2D eigenvalue weighted by molar-refractivity contribution is 0.198. The quantitative estimate of drug-likeness (QED) is 0.495. The van der Waals surface area contributed by atoms with Crippen molar-refractivity contribution in [2.75, 3.05) is 32.6 Å². The highest BCUT2D eigenvalue weighted by molar-refractivity contribution is 6.17. The molecule has 0 aromatic carbocycles. The average molecular weight is 205 g/mol. The van der Waals surface area contributed by atoms with Gasteiger partial charge in [0.05, 0.1) is 0 Å². The minimum atomic E-state index is 0.172. The predicted molar refractivity (Wildman–Crippen MR) is 54.2 cm³/mol. The van der Waals surface area contributed by atoms with Crippen LogP contribution in [-0.2, 0) is 0 Å². The Balaban J connectivity index is 2.12. The van der Waals surface area contributed by atoms with Crippen LogP contribution in [0.3, 0.4) is 0 Å². The Morgan fingerprint density at radius 3 is 2.62 bits per heavy atom. The summed E-state index contributed by atoms with van der Waals surface area (Å²) < 4.78 is 0. The van der Waals surface area contributed by atoms with E-state index < -0.39 is 0 Å². The SMILES string of the molecule is CN1CCN(CCCCCCl)C1=O. The summed E-state index contributed by atoms with van der Waals surface area (Å²) in [5, 5.41) is 0. The first-order valence-electron chi connectivity index (χ1n) is 4.81. The molecule has 0 N–H and O–H groups in total. The standard InChI is InChI=1S/C9H17ClN2O/c1-11-7-8-12(9(11)13)6-4-2-3-5-10/h2-8H2,1H3. The van der Waals surface area contributed by atoms with E-state index in [4.69, 9.17) is 11.6 Å². The van der Waals surface area contributed by atoms with Gasteiger partial charge in [0.1, 0.15) is 0 Å². The number of hydrogen-bond acceptors (Lipinski definition) is 1. The van der Waals surface area contributed by atoms with E-state index in [1.165, 1.54) is 0 Å². The van der Waals surface area contributed by atoms with Crippen molar-refractivity contribution in [3.63, 3.8) is 0 Å². The summed E-state index contributed by atoms with van der Waals surface area (Å²) in [5.74, 6) is 0.730. The molecular formula is C9H17ClN2O. The second-order valence-corrected chi connectivity index (χ2v) is 3.82. The van der Waals surface area contributed by atoms with Crippen LogP contribution in [0.2, 0.25) is 0 Å². The maximum Gasteiger partial charge on any atom is 0.319 e. The molecule has 76 valence electrons. The third-order valence-corrected chi connectivity index (χ3v) is 2.63. The van der Waals surface area contributed by atoms with E-state index in [9.17, 15) is 4.79 Å². The van der Waals surface area contributed by atoms with Crippen molar-refractivity contribution in [1.29, 1.82) is 0 Å². The first-order valence-corrected chi connectivity index (χ1v) is 5.35. The van der Waals surface area contributed by atoms with Gasteiger partial charge in [-0.2, -0.15) is 0 Å². The predicted octanol–water partition coefficient (Wildman–Crippen LogP) is 1.76. The van der Waals surface area contributed by atoms with Gasteiger partial charge < -0.3 is 9.80 Å². The molecule has 0 saturated carbocycles. The molecule has 1 aliphatic heterocycles. The molecule has 1 saturated heterocycles. The van der Waals surface area contributed by atoms with Crippen LogP contribution in [-0.4, -0.2) is 48.4 Å². The summed E-state index contributed by atoms with van der Waals surface area (Å²) in [6.45, 7) is 2.64. The Hall–Kier alpha value is -0.440. The molecular weight excluding hydrogens is 188 g/mol. The number of rotatable bonds is 5. The fourth-order valence-electron chi connectivity index (χ4n) is 1.48. The Labute approximate surface area is 84.6 Å². The van der Waals surface area contributed by atoms with Gasteiger partial charge in [-0.05, 0) is 12.8 Å². The van der Waals surface area contributed by atoms with Crippen molar-refractivity contribution in [2.45, 2.75) is 19.3 Å². The zero-order chi connectivity index (χ0) is 9.68. The van der Waals surface area contributed by atoms with Gasteiger partial charge in [0.2, 0.25) is 0 Å². The molecule has 0 radical (unpaired) electrons. The van der Waals surface area contributed by atoms with Crippen molar-refractivity contribution < 1.29 is 4.79 Å². The number of urea groups is 1. The Bertz CT molecular complexity index is 175. The third kappa shape index (κ3) is 3.07. The first kappa shape index (κ1) is 10.6. The van der Waals surface area contributed by atoms with Gasteiger partial charge in [-0.25, -0.2) is 4.79 Å². The van der Waals surface area contributed by atoms with Gasteiger partial charge in [-0.1, -0.05) is 6.42 Å². The fourth-order valence-corrected chi connectivity index (χ4v) is 1.67. The molecule has 1 aliphatic rings. The van der Waals surface area contributed by atoms with Crippen LogP contribution in [0.4, 0.5) is 4.79 Å². The first-order chi connectivity index (χ1) is 6.25. The molecule has 0 atom stereocenters. The molecule has 0 aromatic heterocycles. The van der Waals surface area contributed by atoms with Gasteiger partial charge in [0.25, 0.3) is 0 Å². The molecule has 0 aromatic rings. The van der Waals surface area contributed by atoms with E-state index in [2.05, 4.69) is 0 Å². The highest BCUT2D eigenvalue weighted by atomic mass is 35.5. The van der Waals surface area contributed by atoms with E-state index in [-0.39, 0.29) is 6.03 Å². The molecule has 1 fully saturated rings. The lowest BCUT2D eigenvalue weighted by Gasteiger charge is -2.15. The summed E-state index contributed by atoms with van der Waals surface area (Å²) in [6.07, 6.45) is 3.25. The second kappa shape index (κ2) is 5.32. The molecule has 1 heterocycles. The number of alkyl halides is 1. The topological polar surface area (TPSA) is 23.6 Å². The minimum absolute atomic E-state index is 0.172. The van der Waals surface area contributed by atoms with Gasteiger partial charge in [-0.15, -0.1) is 11.6 Å². The summed E-state index contributed by atoms with van der Waals surface area (Å²) in [7, 11) is 1.85. The Kier molecular flexibility index (Phi) is 4.36. The van der Waals surface area contributed by atoms with Gasteiger partial charge in [0.15, 0.2) is 0 Å². The smallest absolute Gasteiger partial charge is 0.319 e. The van der Waals surface area contributed by atoms with Crippen LogP contribution in [0.25, 0.3) is 0 Å². The molecule has 0 unspecified atom stereocenters. The van der Waals surface area contributed by atoms with E-state index >= 15 is 0 Å². The lowest BCUT2D eigenvalue weighted by Crippen LogP contribution is -2.30. The molecule has 4 heteroatoms. The second-order valence-electron chi connectivity index (χ2n) is 3.44. The number of amides is 2. The highest BCUT2D eigenvalue weighted by Crippen LogP contribution is 2.08. The van der Waals surface area contributed by atoms with Crippen LogP contribution in [0, 0.1) is 0 Å². The number of unbranched alkanes of at least 4 members (excludes halogenated alkanes) is 2. The van der Waals surface area contributed by atoms with E-state index in [0.29, 0.717) is 0 Å². The number of nitrogens with zero attached hydrogens (tertiary/aromatic N) is 2. The Morgan fingerprint density at radius 2 is 2.08 bits per heavy atom. The van der Waals surface area contributed by atoms with Gasteiger partial charge >= 0.3 is 6.03 Å². The lowest BCUT2D eigenvalue weighted by atomic mass is 10.2. The zero-order valence-electron chi connectivity index (χ0n) is 8.13. The molecule has 3 nitrogen and oxygen atoms in total. The summed E-state index contributed by atoms with van der Waals surface area (Å²) in [5.41, 5.74) is 0. The van der Waals surface area contributed by atoms with Gasteiger partial charge in [0, 0.05) is 32.6 Å². The van der Waals surface area contributed by atoms with Gasteiger partial charge in [-0.3, -0.25) is 0 Å². The van der Waals surface area contributed by atoms with Crippen molar-refractivity contribution in [1.82, 2.24) is 9.80 Å². The number of carbonyl (C=O) groups excluding carboxylic acids is 1. The molecule has 2 amide bonds. The summed E-state index contributed by atoms with van der Waals surface area (Å²) >= 11 is 5.56. The van der Waals surface area contributed by atoms with E-state index in [0.717, 1.165) is 44.8 Å². The zero-order valence-corrected chi connectivity index (χ0v) is 8.89. The largest absolute Gasteiger partial charge is 0.326 e. The van der Waals surface area contributed by atoms with Crippen LogP contribution < -0.4 is 0 Å². The Morgan fingerprint density at radius 1 is 1.31 bits per heavy atom. The number of likely N-dealkylation sites (N-methyl/N-ethyl adjacent to an activating group) is 1. The monoisotopic (exact) mass is 204 g/mol. The average Bonchev–Trinajstić information content (AvgIpc) is 2.43. The van der Waals surface area contributed by atoms with Crippen molar-refractivity contribution >= 4 is 17.6 Å².